The zero-order valence-corrected chi connectivity index (χ0v) is 16.3. The first-order chi connectivity index (χ1) is 14.9. The molecule has 0 saturated carbocycles. The Labute approximate surface area is 175 Å². The van der Waals surface area contributed by atoms with Crippen molar-refractivity contribution >= 4 is 23.6 Å². The van der Waals surface area contributed by atoms with E-state index in [9.17, 15) is 23.1 Å². The number of esters is 1. The Morgan fingerprint density at radius 1 is 1.19 bits per heavy atom. The van der Waals surface area contributed by atoms with Crippen LogP contribution < -0.4 is 0 Å². The number of carbonyl (C=O) groups is 1. The van der Waals surface area contributed by atoms with Gasteiger partial charge in [0.2, 0.25) is 0 Å². The third-order valence-corrected chi connectivity index (χ3v) is 4.14. The fourth-order valence-corrected chi connectivity index (χ4v) is 2.66. The van der Waals surface area contributed by atoms with Crippen LogP contribution in [0.15, 0.2) is 59.6 Å². The summed E-state index contributed by atoms with van der Waals surface area (Å²) in [7, 11) is 0. The molecule has 31 heavy (non-hydrogen) atoms. The predicted molar refractivity (Wildman–Crippen MR) is 106 cm³/mol. The van der Waals surface area contributed by atoms with Crippen molar-refractivity contribution in [3.8, 4) is 0 Å². The van der Waals surface area contributed by atoms with Crippen molar-refractivity contribution in [2.24, 2.45) is 4.99 Å². The van der Waals surface area contributed by atoms with Crippen molar-refractivity contribution in [1.29, 1.82) is 0 Å². The zero-order valence-electron chi connectivity index (χ0n) is 16.3. The number of hydrogen-bond donors (Lipinski definition) is 1. The fourth-order valence-electron chi connectivity index (χ4n) is 2.66. The van der Waals surface area contributed by atoms with E-state index in [0.717, 1.165) is 6.21 Å². The van der Waals surface area contributed by atoms with Crippen molar-refractivity contribution in [2.75, 3.05) is 6.61 Å². The molecule has 0 amide bonds. The molecular weight excluding hydrogens is 413 g/mol. The summed E-state index contributed by atoms with van der Waals surface area (Å²) in [5.74, 6) is -6.02. The number of ether oxygens (including phenoxy) is 1. The number of aliphatic hydroxyl groups is 1. The van der Waals surface area contributed by atoms with E-state index in [1.807, 2.05) is 0 Å². The lowest BCUT2D eigenvalue weighted by atomic mass is 10.1. The van der Waals surface area contributed by atoms with E-state index < -0.39 is 40.3 Å². The molecule has 7 nitrogen and oxygen atoms in total. The van der Waals surface area contributed by atoms with Crippen LogP contribution in [0.3, 0.4) is 0 Å². The highest BCUT2D eigenvalue weighted by Crippen LogP contribution is 2.24. The van der Waals surface area contributed by atoms with Gasteiger partial charge in [-0.15, -0.1) is 0 Å². The van der Waals surface area contributed by atoms with E-state index in [2.05, 4.69) is 15.1 Å². The van der Waals surface area contributed by atoms with Crippen molar-refractivity contribution in [3.63, 3.8) is 0 Å². The van der Waals surface area contributed by atoms with Crippen LogP contribution in [0, 0.1) is 17.5 Å². The summed E-state index contributed by atoms with van der Waals surface area (Å²) in [6, 6.07) is 7.64. The van der Waals surface area contributed by atoms with Gasteiger partial charge in [0.1, 0.15) is 29.8 Å². The van der Waals surface area contributed by atoms with E-state index in [1.165, 1.54) is 19.6 Å². The molecule has 0 bridgehead atoms. The van der Waals surface area contributed by atoms with E-state index in [-0.39, 0.29) is 12.7 Å². The third-order valence-electron chi connectivity index (χ3n) is 4.14. The maximum atomic E-state index is 14.1. The highest BCUT2D eigenvalue weighted by atomic mass is 19.2. The summed E-state index contributed by atoms with van der Waals surface area (Å²) in [5.41, 5.74) is -0.0871. The summed E-state index contributed by atoms with van der Waals surface area (Å²) in [5, 5.41) is 14.5. The van der Waals surface area contributed by atoms with Crippen LogP contribution in [-0.2, 0) is 16.1 Å². The Morgan fingerprint density at radius 3 is 2.65 bits per heavy atom. The Bertz CT molecular complexity index is 1140. The molecule has 160 valence electrons. The molecule has 0 unspecified atom stereocenters. The molecular formula is C21H17F3N4O3. The van der Waals surface area contributed by atoms with Gasteiger partial charge in [-0.25, -0.2) is 27.6 Å². The molecule has 0 aliphatic rings. The van der Waals surface area contributed by atoms with Gasteiger partial charge in [-0.05, 0) is 24.6 Å². The van der Waals surface area contributed by atoms with Crippen molar-refractivity contribution < 1.29 is 27.8 Å². The highest BCUT2D eigenvalue weighted by molar-refractivity contribution is 6.15. The molecule has 0 radical (unpaired) electrons. The number of nitrogens with zero attached hydrogens (tertiary/aromatic N) is 4. The summed E-state index contributed by atoms with van der Waals surface area (Å²) in [6.07, 6.45) is 3.87. The first-order valence-corrected chi connectivity index (χ1v) is 9.10. The second-order valence-corrected chi connectivity index (χ2v) is 6.21. The number of rotatable bonds is 7. The first-order valence-electron chi connectivity index (χ1n) is 9.10. The molecule has 0 aliphatic heterocycles. The van der Waals surface area contributed by atoms with Crippen molar-refractivity contribution in [1.82, 2.24) is 14.8 Å². The number of para-hydroxylation sites is 1. The topological polar surface area (TPSA) is 89.6 Å². The number of aliphatic imine (C=N–C) groups is 1. The number of carbonyl (C=O) groups excluding carboxylic acids is 1. The Balaban J connectivity index is 2.03. The smallest absolute Gasteiger partial charge is 0.343 e. The highest BCUT2D eigenvalue weighted by Gasteiger charge is 2.21. The van der Waals surface area contributed by atoms with Crippen LogP contribution in [0.2, 0.25) is 0 Å². The Morgan fingerprint density at radius 2 is 1.94 bits per heavy atom. The summed E-state index contributed by atoms with van der Waals surface area (Å²) in [6.45, 7) is 1.83. The Hall–Kier alpha value is -3.95. The van der Waals surface area contributed by atoms with E-state index >= 15 is 0 Å². The van der Waals surface area contributed by atoms with Gasteiger partial charge in [0, 0.05) is 12.3 Å². The molecule has 0 saturated heterocycles. The number of hydrogen-bond acceptors (Lipinski definition) is 6. The molecule has 1 heterocycles. The second-order valence-electron chi connectivity index (χ2n) is 6.21. The number of aliphatic hydroxyl groups excluding tert-OH is 1. The summed E-state index contributed by atoms with van der Waals surface area (Å²) >= 11 is 0. The maximum absolute atomic E-state index is 14.1. The maximum Gasteiger partial charge on any atom is 0.343 e. The number of halogens is 3. The van der Waals surface area contributed by atoms with E-state index in [4.69, 9.17) is 4.74 Å². The van der Waals surface area contributed by atoms with Gasteiger partial charge in [0.25, 0.3) is 0 Å². The fraction of sp³-hybridized carbons (Fsp3) is 0.143. The normalized spacial score (nSPS) is 12.1. The molecule has 0 spiro atoms. The van der Waals surface area contributed by atoms with Crippen molar-refractivity contribution in [2.45, 2.75) is 13.5 Å². The van der Waals surface area contributed by atoms with Gasteiger partial charge >= 0.3 is 5.97 Å². The lowest BCUT2D eigenvalue weighted by Gasteiger charge is -2.09. The van der Waals surface area contributed by atoms with Crippen LogP contribution in [0.25, 0.3) is 5.76 Å². The molecule has 2 aromatic carbocycles. The summed E-state index contributed by atoms with van der Waals surface area (Å²) in [4.78, 5) is 20.4. The Kier molecular flexibility index (Phi) is 6.81. The monoisotopic (exact) mass is 430 g/mol. The van der Waals surface area contributed by atoms with Crippen LogP contribution in [-0.4, -0.2) is 38.7 Å². The molecule has 0 fully saturated rings. The van der Waals surface area contributed by atoms with Crippen LogP contribution in [0.4, 0.5) is 18.9 Å². The molecule has 10 heteroatoms. The molecule has 0 atom stereocenters. The minimum Gasteiger partial charge on any atom is -0.506 e. The largest absolute Gasteiger partial charge is 0.506 e. The minimum absolute atomic E-state index is 0.0351. The average molecular weight is 430 g/mol. The van der Waals surface area contributed by atoms with Gasteiger partial charge in [0.05, 0.1) is 24.4 Å². The zero-order chi connectivity index (χ0) is 22.4. The lowest BCUT2D eigenvalue weighted by Crippen LogP contribution is -2.12. The number of aromatic nitrogens is 3. The van der Waals surface area contributed by atoms with Gasteiger partial charge in [-0.1, -0.05) is 18.2 Å². The number of benzene rings is 2. The average Bonchev–Trinajstić information content (AvgIpc) is 3.25. The van der Waals surface area contributed by atoms with Crippen LogP contribution >= 0.6 is 0 Å². The van der Waals surface area contributed by atoms with Crippen LogP contribution in [0.1, 0.15) is 18.1 Å². The quantitative estimate of drug-likeness (QED) is 0.201. The van der Waals surface area contributed by atoms with E-state index in [0.29, 0.717) is 23.9 Å². The van der Waals surface area contributed by atoms with E-state index in [1.54, 1.807) is 28.9 Å². The second kappa shape index (κ2) is 9.70. The SMILES string of the molecule is CCOC(=O)C(C=Nc1ccccc1Cn1cncn1)=C(O)c1cc(F)c(F)cc1F. The molecule has 1 N–H and O–H groups in total. The van der Waals surface area contributed by atoms with Gasteiger partial charge in [-0.2, -0.15) is 5.10 Å². The van der Waals surface area contributed by atoms with Gasteiger partial charge in [-0.3, -0.25) is 4.99 Å². The standard InChI is InChI=1S/C21H17F3N4O3/c1-2-31-21(30)15(20(29)14-7-17(23)18(24)8-16(14)22)9-26-19-6-4-3-5-13(19)10-28-12-25-11-27-28/h3-9,11-12,29H,2,10H2,1H3. The molecule has 1 aromatic heterocycles. The third kappa shape index (κ3) is 5.16. The molecule has 3 rings (SSSR count). The summed E-state index contributed by atoms with van der Waals surface area (Å²) < 4.78 is 47.4. The predicted octanol–water partition coefficient (Wildman–Crippen LogP) is 3.98. The van der Waals surface area contributed by atoms with Gasteiger partial charge < -0.3 is 9.84 Å². The first kappa shape index (κ1) is 21.8. The van der Waals surface area contributed by atoms with Crippen molar-refractivity contribution in [3.05, 3.63) is 83.2 Å². The van der Waals surface area contributed by atoms with Gasteiger partial charge in [0.15, 0.2) is 11.6 Å². The minimum atomic E-state index is -1.43. The molecule has 0 aliphatic carbocycles. The molecule has 3 aromatic rings. The lowest BCUT2D eigenvalue weighted by molar-refractivity contribution is -0.137. The van der Waals surface area contributed by atoms with Crippen LogP contribution in [0.5, 0.6) is 0 Å².